The van der Waals surface area contributed by atoms with Crippen molar-refractivity contribution in [2.45, 2.75) is 44.1 Å². The van der Waals surface area contributed by atoms with Crippen LogP contribution in [0, 0.1) is 0 Å². The van der Waals surface area contributed by atoms with E-state index in [9.17, 15) is 9.90 Å². The molecule has 0 heterocycles. The summed E-state index contributed by atoms with van der Waals surface area (Å²) >= 11 is 0. The summed E-state index contributed by atoms with van der Waals surface area (Å²) in [7, 11) is 0. The van der Waals surface area contributed by atoms with Gasteiger partial charge in [0, 0.05) is 17.5 Å². The van der Waals surface area contributed by atoms with Gasteiger partial charge in [-0.3, -0.25) is 4.79 Å². The van der Waals surface area contributed by atoms with Gasteiger partial charge in [-0.15, -0.1) is 0 Å². The molecular weight excluding hydrogens is 228 g/mol. The second kappa shape index (κ2) is 4.39. The Morgan fingerprint density at radius 3 is 2.78 bits per heavy atom. The van der Waals surface area contributed by atoms with E-state index in [1.807, 2.05) is 18.2 Å². The molecule has 0 amide bonds. The van der Waals surface area contributed by atoms with Crippen LogP contribution in [0.3, 0.4) is 0 Å². The third-order valence-electron chi connectivity index (χ3n) is 4.07. The summed E-state index contributed by atoms with van der Waals surface area (Å²) in [6, 6.07) is 5.62. The minimum absolute atomic E-state index is 0.204. The lowest BCUT2D eigenvalue weighted by Crippen LogP contribution is -2.32. The number of rotatable bonds is 3. The van der Waals surface area contributed by atoms with E-state index in [-0.39, 0.29) is 5.78 Å². The van der Waals surface area contributed by atoms with Gasteiger partial charge in [-0.25, -0.2) is 0 Å². The molecule has 3 rings (SSSR count). The summed E-state index contributed by atoms with van der Waals surface area (Å²) in [5.41, 5.74) is 1.15. The zero-order valence-corrected chi connectivity index (χ0v) is 10.4. The van der Waals surface area contributed by atoms with E-state index in [4.69, 9.17) is 4.74 Å². The molecule has 0 aromatic heterocycles. The molecule has 0 bridgehead atoms. The molecule has 1 fully saturated rings. The first-order chi connectivity index (χ1) is 8.68. The topological polar surface area (TPSA) is 46.5 Å². The summed E-state index contributed by atoms with van der Waals surface area (Å²) in [4.78, 5) is 11.6. The van der Waals surface area contributed by atoms with Crippen molar-refractivity contribution in [3.8, 4) is 5.75 Å². The first kappa shape index (κ1) is 11.7. The third-order valence-corrected chi connectivity index (χ3v) is 4.07. The molecule has 2 aliphatic rings. The zero-order chi connectivity index (χ0) is 12.6. The van der Waals surface area contributed by atoms with Crippen LogP contribution in [0.15, 0.2) is 18.2 Å². The van der Waals surface area contributed by atoms with Crippen LogP contribution in [-0.4, -0.2) is 23.1 Å². The highest BCUT2D eigenvalue weighted by Gasteiger charge is 2.32. The zero-order valence-electron chi connectivity index (χ0n) is 10.4. The maximum atomic E-state index is 11.6. The van der Waals surface area contributed by atoms with Gasteiger partial charge in [-0.05, 0) is 25.3 Å². The highest BCUT2D eigenvalue weighted by atomic mass is 16.5. The Bertz CT molecular complexity index is 473. The monoisotopic (exact) mass is 246 g/mol. The van der Waals surface area contributed by atoms with Crippen LogP contribution in [0.4, 0.5) is 0 Å². The van der Waals surface area contributed by atoms with Gasteiger partial charge >= 0.3 is 0 Å². The number of carbonyl (C=O) groups is 1. The Kier molecular flexibility index (Phi) is 2.86. The highest BCUT2D eigenvalue weighted by molar-refractivity contribution is 6.01. The average molecular weight is 246 g/mol. The predicted octanol–water partition coefficient (Wildman–Crippen LogP) is 2.50. The van der Waals surface area contributed by atoms with E-state index in [0.717, 1.165) is 49.0 Å². The fourth-order valence-electron chi connectivity index (χ4n) is 2.98. The summed E-state index contributed by atoms with van der Waals surface area (Å²) in [6.45, 7) is 0.345. The number of ether oxygens (including phenoxy) is 1. The number of hydrogen-bond donors (Lipinski definition) is 1. The largest absolute Gasteiger partial charge is 0.490 e. The van der Waals surface area contributed by atoms with Crippen LogP contribution < -0.4 is 4.74 Å². The van der Waals surface area contributed by atoms with Gasteiger partial charge in [-0.1, -0.05) is 25.0 Å². The number of Topliss-reactive ketones (excluding diaryl/α,β-unsaturated/α-hetero) is 1. The molecule has 0 atom stereocenters. The molecule has 18 heavy (non-hydrogen) atoms. The molecular formula is C15H18O3. The first-order valence-electron chi connectivity index (χ1n) is 6.68. The molecule has 96 valence electrons. The summed E-state index contributed by atoms with van der Waals surface area (Å²) in [5, 5.41) is 10.3. The number of aliphatic hydroxyl groups is 1. The molecule has 0 radical (unpaired) electrons. The smallest absolute Gasteiger partial charge is 0.163 e. The molecule has 1 aromatic rings. The van der Waals surface area contributed by atoms with E-state index in [1.165, 1.54) is 0 Å². The number of ketones is 1. The second-order valence-electron chi connectivity index (χ2n) is 5.43. The molecule has 1 saturated carbocycles. The van der Waals surface area contributed by atoms with Crippen LogP contribution in [0.5, 0.6) is 5.75 Å². The maximum Gasteiger partial charge on any atom is 0.163 e. The Morgan fingerprint density at radius 1 is 1.22 bits per heavy atom. The molecule has 3 heteroatoms. The normalized spacial score (nSPS) is 21.1. The minimum atomic E-state index is -0.661. The summed E-state index contributed by atoms with van der Waals surface area (Å²) in [6.07, 6.45) is 5.14. The van der Waals surface area contributed by atoms with Crippen molar-refractivity contribution >= 4 is 5.78 Å². The van der Waals surface area contributed by atoms with E-state index >= 15 is 0 Å². The van der Waals surface area contributed by atoms with Crippen molar-refractivity contribution in [3.05, 3.63) is 29.3 Å². The molecule has 3 nitrogen and oxygen atoms in total. The standard InChI is InChI=1S/C15H18O3/c16-13-7-6-12-11(13)4-3-5-14(12)18-10-15(17)8-1-2-9-15/h3-5,17H,1-2,6-10H2. The number of fused-ring (bicyclic) bond motifs is 1. The lowest BCUT2D eigenvalue weighted by atomic mass is 10.0. The first-order valence-corrected chi connectivity index (χ1v) is 6.68. The third kappa shape index (κ3) is 2.03. The quantitative estimate of drug-likeness (QED) is 0.891. The molecule has 2 aliphatic carbocycles. The Morgan fingerprint density at radius 2 is 2.00 bits per heavy atom. The fourth-order valence-corrected chi connectivity index (χ4v) is 2.98. The molecule has 0 unspecified atom stereocenters. The SMILES string of the molecule is O=C1CCc2c(OCC3(O)CCCC3)cccc21. The van der Waals surface area contributed by atoms with Crippen molar-refractivity contribution in [2.24, 2.45) is 0 Å². The molecule has 1 N–H and O–H groups in total. The Labute approximate surface area is 107 Å². The number of carbonyl (C=O) groups excluding carboxylic acids is 1. The van der Waals surface area contributed by atoms with Crippen LogP contribution >= 0.6 is 0 Å². The van der Waals surface area contributed by atoms with Crippen molar-refractivity contribution in [1.82, 2.24) is 0 Å². The van der Waals surface area contributed by atoms with Gasteiger partial charge in [0.1, 0.15) is 12.4 Å². The van der Waals surface area contributed by atoms with Crippen molar-refractivity contribution < 1.29 is 14.6 Å². The average Bonchev–Trinajstić information content (AvgIpc) is 2.96. The summed E-state index contributed by atoms with van der Waals surface area (Å²) in [5.74, 6) is 0.980. The highest BCUT2D eigenvalue weighted by Crippen LogP contribution is 2.33. The second-order valence-corrected chi connectivity index (χ2v) is 5.43. The van der Waals surface area contributed by atoms with Gasteiger partial charge in [0.05, 0.1) is 5.60 Å². The Hall–Kier alpha value is -1.35. The van der Waals surface area contributed by atoms with Crippen LogP contribution in [0.1, 0.15) is 48.0 Å². The number of hydrogen-bond acceptors (Lipinski definition) is 3. The van der Waals surface area contributed by atoms with E-state index in [0.29, 0.717) is 13.0 Å². The predicted molar refractivity (Wildman–Crippen MR) is 68.0 cm³/mol. The van der Waals surface area contributed by atoms with Crippen LogP contribution in [-0.2, 0) is 6.42 Å². The van der Waals surface area contributed by atoms with Gasteiger partial charge in [-0.2, -0.15) is 0 Å². The molecule has 1 aromatic carbocycles. The van der Waals surface area contributed by atoms with Crippen molar-refractivity contribution in [2.75, 3.05) is 6.61 Å². The molecule has 0 aliphatic heterocycles. The summed E-state index contributed by atoms with van der Waals surface area (Å²) < 4.78 is 5.78. The minimum Gasteiger partial charge on any atom is -0.490 e. The van der Waals surface area contributed by atoms with E-state index < -0.39 is 5.60 Å². The van der Waals surface area contributed by atoms with Crippen molar-refractivity contribution in [3.63, 3.8) is 0 Å². The van der Waals surface area contributed by atoms with Gasteiger partial charge < -0.3 is 9.84 Å². The molecule has 0 spiro atoms. The van der Waals surface area contributed by atoms with Gasteiger partial charge in [0.15, 0.2) is 5.78 Å². The number of benzene rings is 1. The molecule has 0 saturated heterocycles. The lowest BCUT2D eigenvalue weighted by molar-refractivity contribution is 0.00116. The van der Waals surface area contributed by atoms with E-state index in [2.05, 4.69) is 0 Å². The lowest BCUT2D eigenvalue weighted by Gasteiger charge is -2.23. The van der Waals surface area contributed by atoms with E-state index in [1.54, 1.807) is 0 Å². The fraction of sp³-hybridized carbons (Fsp3) is 0.533. The van der Waals surface area contributed by atoms with Crippen molar-refractivity contribution in [1.29, 1.82) is 0 Å². The van der Waals surface area contributed by atoms with Crippen LogP contribution in [0.2, 0.25) is 0 Å². The van der Waals surface area contributed by atoms with Crippen LogP contribution in [0.25, 0.3) is 0 Å². The Balaban J connectivity index is 1.76. The maximum absolute atomic E-state index is 11.6. The van der Waals surface area contributed by atoms with Gasteiger partial charge in [0.25, 0.3) is 0 Å². The van der Waals surface area contributed by atoms with Gasteiger partial charge in [0.2, 0.25) is 0 Å².